The minimum Gasteiger partial charge on any atom is -0.450 e. The average Bonchev–Trinajstić information content (AvgIpc) is 3.39. The number of fused-ring (bicyclic) bond motifs is 1. The zero-order valence-corrected chi connectivity index (χ0v) is 24.2. The molecule has 0 spiro atoms. The Bertz CT molecular complexity index is 1330. The van der Waals surface area contributed by atoms with Gasteiger partial charge in [-0.05, 0) is 87.2 Å². The van der Waals surface area contributed by atoms with Gasteiger partial charge in [0.1, 0.15) is 0 Å². The average molecular weight is 644 g/mol. The Kier molecular flexibility index (Phi) is 8.97. The van der Waals surface area contributed by atoms with Crippen molar-refractivity contribution in [2.75, 3.05) is 42.5 Å². The molecule has 0 aliphatic carbocycles. The minimum atomic E-state index is -0.282. The summed E-state index contributed by atoms with van der Waals surface area (Å²) in [6, 6.07) is 11.6. The molecule has 2 aliphatic heterocycles. The van der Waals surface area contributed by atoms with E-state index in [2.05, 4.69) is 49.7 Å². The van der Waals surface area contributed by atoms with Crippen LogP contribution in [-0.2, 0) is 4.74 Å². The lowest BCUT2D eigenvalue weighted by Crippen LogP contribution is -2.45. The molecule has 2 aliphatic rings. The van der Waals surface area contributed by atoms with Crippen LogP contribution in [0.15, 0.2) is 48.7 Å². The SMILES string of the molecule is CCOC(=O)N1CC=C(c2cccn3nc(Nc4ccc(C(=O)N[C@@H](CI)C5CCNCC5)cc4)nc23)CC1. The number of carbonyl (C=O) groups excluding carboxylic acids is 2. The van der Waals surface area contributed by atoms with Crippen molar-refractivity contribution >= 4 is 57.4 Å². The van der Waals surface area contributed by atoms with Crippen molar-refractivity contribution in [3.63, 3.8) is 0 Å². The van der Waals surface area contributed by atoms with Gasteiger partial charge in [-0.1, -0.05) is 28.7 Å². The van der Waals surface area contributed by atoms with Crippen LogP contribution in [0.5, 0.6) is 0 Å². The van der Waals surface area contributed by atoms with Crippen LogP contribution in [-0.4, -0.2) is 74.8 Å². The first kappa shape index (κ1) is 27.4. The van der Waals surface area contributed by atoms with Crippen molar-refractivity contribution in [3.05, 3.63) is 59.8 Å². The number of nitrogens with zero attached hydrogens (tertiary/aromatic N) is 4. The maximum Gasteiger partial charge on any atom is 0.410 e. The Hall–Kier alpha value is -3.19. The molecule has 3 aromatic rings. The molecule has 1 saturated heterocycles. The van der Waals surface area contributed by atoms with Crippen molar-refractivity contribution in [2.24, 2.45) is 5.92 Å². The monoisotopic (exact) mass is 643 g/mol. The van der Waals surface area contributed by atoms with Gasteiger partial charge in [0.05, 0.1) is 6.61 Å². The van der Waals surface area contributed by atoms with E-state index >= 15 is 0 Å². The fourth-order valence-corrected chi connectivity index (χ4v) is 6.06. The highest BCUT2D eigenvalue weighted by Crippen LogP contribution is 2.27. The van der Waals surface area contributed by atoms with Crippen molar-refractivity contribution < 1.29 is 14.3 Å². The van der Waals surface area contributed by atoms with Gasteiger partial charge in [0.25, 0.3) is 5.91 Å². The number of ether oxygens (including phenoxy) is 1. The van der Waals surface area contributed by atoms with E-state index < -0.39 is 0 Å². The number of carbonyl (C=O) groups is 2. The molecule has 0 saturated carbocycles. The van der Waals surface area contributed by atoms with Crippen LogP contribution < -0.4 is 16.0 Å². The van der Waals surface area contributed by atoms with E-state index in [-0.39, 0.29) is 18.0 Å². The van der Waals surface area contributed by atoms with Crippen molar-refractivity contribution in [1.82, 2.24) is 30.1 Å². The molecule has 2 amide bonds. The van der Waals surface area contributed by atoms with Crippen molar-refractivity contribution in [3.8, 4) is 0 Å². The van der Waals surface area contributed by atoms with Crippen molar-refractivity contribution in [1.29, 1.82) is 0 Å². The Morgan fingerprint density at radius 2 is 2.00 bits per heavy atom. The predicted molar refractivity (Wildman–Crippen MR) is 160 cm³/mol. The summed E-state index contributed by atoms with van der Waals surface area (Å²) >= 11 is 2.37. The highest BCUT2D eigenvalue weighted by atomic mass is 127. The second-order valence-electron chi connectivity index (χ2n) is 9.77. The van der Waals surface area contributed by atoms with Gasteiger partial charge >= 0.3 is 6.09 Å². The predicted octanol–water partition coefficient (Wildman–Crippen LogP) is 4.25. The molecule has 11 heteroatoms. The van der Waals surface area contributed by atoms with Gasteiger partial charge in [-0.2, -0.15) is 4.98 Å². The highest BCUT2D eigenvalue weighted by molar-refractivity contribution is 14.1. The maximum absolute atomic E-state index is 12.9. The number of nitrogens with one attached hydrogen (secondary N) is 3. The minimum absolute atomic E-state index is 0.0421. The highest BCUT2D eigenvalue weighted by Gasteiger charge is 2.25. The van der Waals surface area contributed by atoms with E-state index in [9.17, 15) is 9.59 Å². The number of anilines is 2. The summed E-state index contributed by atoms with van der Waals surface area (Å²) in [5.41, 5.74) is 4.30. The standard InChI is InChI=1S/C28H34IN7O3/c1-2-39-28(38)35-16-11-19(12-17-35)23-4-3-15-36-25(23)33-27(34-36)31-22-7-5-21(6-8-22)26(37)32-24(18-29)20-9-13-30-14-10-20/h3-8,11,15,20,24,30H,2,9-10,12-14,16-18H2,1H3,(H,31,34)(H,32,37)/t24-/m0/s1. The lowest BCUT2D eigenvalue weighted by molar-refractivity contribution is 0.0922. The van der Waals surface area contributed by atoms with Crippen LogP contribution in [0.25, 0.3) is 11.2 Å². The summed E-state index contributed by atoms with van der Waals surface area (Å²) in [5.74, 6) is 0.944. The van der Waals surface area contributed by atoms with Crippen LogP contribution in [0.3, 0.4) is 0 Å². The number of alkyl halides is 1. The van der Waals surface area contributed by atoms with E-state index in [0.29, 0.717) is 43.5 Å². The third kappa shape index (κ3) is 6.52. The van der Waals surface area contributed by atoms with Crippen LogP contribution in [0.1, 0.15) is 42.1 Å². The molecule has 1 fully saturated rings. The molecule has 10 nitrogen and oxygen atoms in total. The zero-order chi connectivity index (χ0) is 27.2. The number of halogens is 1. The van der Waals surface area contributed by atoms with Crippen LogP contribution >= 0.6 is 22.6 Å². The lowest BCUT2D eigenvalue weighted by atomic mass is 9.91. The number of rotatable bonds is 8. The van der Waals surface area contributed by atoms with E-state index in [1.54, 1.807) is 9.42 Å². The fourth-order valence-electron chi connectivity index (χ4n) is 5.12. The van der Waals surface area contributed by atoms with Gasteiger partial charge in [-0.25, -0.2) is 9.31 Å². The summed E-state index contributed by atoms with van der Waals surface area (Å²) in [6.45, 7) is 5.31. The number of hydrogen-bond acceptors (Lipinski definition) is 7. The summed E-state index contributed by atoms with van der Waals surface area (Å²) < 4.78 is 7.77. The first-order valence-corrected chi connectivity index (χ1v) is 15.0. The molecule has 39 heavy (non-hydrogen) atoms. The van der Waals surface area contributed by atoms with Gasteiger partial charge in [0, 0.05) is 46.6 Å². The van der Waals surface area contributed by atoms with E-state index in [0.717, 1.165) is 52.8 Å². The molecule has 206 valence electrons. The second-order valence-corrected chi connectivity index (χ2v) is 10.7. The Balaban J connectivity index is 1.24. The lowest BCUT2D eigenvalue weighted by Gasteiger charge is -2.30. The van der Waals surface area contributed by atoms with E-state index in [1.165, 1.54) is 0 Å². The molecule has 2 aromatic heterocycles. The van der Waals surface area contributed by atoms with Crippen LogP contribution in [0.2, 0.25) is 0 Å². The molecule has 1 aromatic carbocycles. The normalized spacial score (nSPS) is 17.0. The molecular weight excluding hydrogens is 609 g/mol. The fraction of sp³-hybridized carbons (Fsp3) is 0.429. The molecule has 3 N–H and O–H groups in total. The number of aromatic nitrogens is 3. The van der Waals surface area contributed by atoms with Crippen LogP contribution in [0, 0.1) is 5.92 Å². The van der Waals surface area contributed by atoms with Crippen molar-refractivity contribution in [2.45, 2.75) is 32.2 Å². The molecule has 0 bridgehead atoms. The number of hydrogen-bond donors (Lipinski definition) is 3. The first-order chi connectivity index (χ1) is 19.1. The maximum atomic E-state index is 12.9. The van der Waals surface area contributed by atoms with Gasteiger partial charge in [0.2, 0.25) is 5.95 Å². The number of benzene rings is 1. The molecule has 0 radical (unpaired) electrons. The van der Waals surface area contributed by atoms with Gasteiger partial charge in [0.15, 0.2) is 5.65 Å². The second kappa shape index (κ2) is 12.8. The third-order valence-corrected chi connectivity index (χ3v) is 8.23. The molecule has 5 rings (SSSR count). The number of amides is 2. The van der Waals surface area contributed by atoms with Gasteiger partial charge < -0.3 is 25.6 Å². The smallest absolute Gasteiger partial charge is 0.410 e. The molecule has 0 unspecified atom stereocenters. The number of piperidine rings is 1. The Morgan fingerprint density at radius 3 is 2.69 bits per heavy atom. The third-order valence-electron chi connectivity index (χ3n) is 7.28. The van der Waals surface area contributed by atoms with Gasteiger partial charge in [-0.3, -0.25) is 4.79 Å². The molecular formula is C28H34IN7O3. The van der Waals surface area contributed by atoms with E-state index in [1.807, 2.05) is 49.5 Å². The summed E-state index contributed by atoms with van der Waals surface area (Å²) in [6.07, 6.45) is 6.53. The first-order valence-electron chi connectivity index (χ1n) is 13.5. The Labute approximate surface area is 241 Å². The summed E-state index contributed by atoms with van der Waals surface area (Å²) in [4.78, 5) is 31.4. The zero-order valence-electron chi connectivity index (χ0n) is 22.0. The number of pyridine rings is 1. The topological polar surface area (TPSA) is 113 Å². The Morgan fingerprint density at radius 1 is 1.21 bits per heavy atom. The largest absolute Gasteiger partial charge is 0.450 e. The summed E-state index contributed by atoms with van der Waals surface area (Å²) in [7, 11) is 0. The quantitative estimate of drug-likeness (QED) is 0.249. The van der Waals surface area contributed by atoms with Crippen LogP contribution in [0.4, 0.5) is 16.4 Å². The molecule has 1 atom stereocenters. The van der Waals surface area contributed by atoms with Gasteiger partial charge in [-0.15, -0.1) is 5.10 Å². The van der Waals surface area contributed by atoms with E-state index in [4.69, 9.17) is 9.72 Å². The molecule has 4 heterocycles. The summed E-state index contributed by atoms with van der Waals surface area (Å²) in [5, 5.41) is 14.5.